The minimum absolute atomic E-state index is 0.444. The molecule has 0 radical (unpaired) electrons. The van der Waals surface area contributed by atoms with E-state index in [0.29, 0.717) is 5.29 Å². The SMILES string of the molecule is C=CN=C(Cl)N(C)C. The van der Waals surface area contributed by atoms with Crippen molar-refractivity contribution in [2.24, 2.45) is 4.99 Å². The largest absolute Gasteiger partial charge is 0.353 e. The summed E-state index contributed by atoms with van der Waals surface area (Å²) in [5.41, 5.74) is 0. The molecule has 0 aromatic heterocycles. The summed E-state index contributed by atoms with van der Waals surface area (Å²) in [6.07, 6.45) is 1.41. The van der Waals surface area contributed by atoms with Crippen molar-refractivity contribution in [3.05, 3.63) is 12.8 Å². The van der Waals surface area contributed by atoms with Gasteiger partial charge in [0.2, 0.25) is 0 Å². The van der Waals surface area contributed by atoms with Crippen LogP contribution in [0.3, 0.4) is 0 Å². The van der Waals surface area contributed by atoms with Gasteiger partial charge in [-0.1, -0.05) is 6.58 Å². The van der Waals surface area contributed by atoms with Gasteiger partial charge in [0, 0.05) is 20.3 Å². The van der Waals surface area contributed by atoms with Crippen molar-refractivity contribution in [1.29, 1.82) is 0 Å². The number of hydrogen-bond donors (Lipinski definition) is 0. The van der Waals surface area contributed by atoms with Crippen molar-refractivity contribution < 1.29 is 0 Å². The standard InChI is InChI=1S/C5H9ClN2/c1-4-7-5(6)8(2)3/h4H,1H2,2-3H3. The number of amidine groups is 1. The Morgan fingerprint density at radius 1 is 1.75 bits per heavy atom. The number of aliphatic imine (C=N–C) groups is 1. The molecule has 0 rings (SSSR count). The summed E-state index contributed by atoms with van der Waals surface area (Å²) in [6, 6.07) is 0. The molecular formula is C5H9ClN2. The fourth-order valence-electron chi connectivity index (χ4n) is 0.191. The zero-order valence-corrected chi connectivity index (χ0v) is 5.81. The molecule has 0 fully saturated rings. The molecule has 0 aromatic carbocycles. The van der Waals surface area contributed by atoms with Crippen LogP contribution in [-0.2, 0) is 0 Å². The Balaban J connectivity index is 3.78. The van der Waals surface area contributed by atoms with E-state index in [-0.39, 0.29) is 0 Å². The van der Waals surface area contributed by atoms with Crippen molar-refractivity contribution in [3.63, 3.8) is 0 Å². The van der Waals surface area contributed by atoms with E-state index in [1.165, 1.54) is 6.20 Å². The Morgan fingerprint density at radius 2 is 2.25 bits per heavy atom. The van der Waals surface area contributed by atoms with Gasteiger partial charge in [-0.25, -0.2) is 4.99 Å². The maximum atomic E-state index is 5.52. The molecule has 0 atom stereocenters. The van der Waals surface area contributed by atoms with Gasteiger partial charge >= 0.3 is 0 Å². The summed E-state index contributed by atoms with van der Waals surface area (Å²) >= 11 is 5.52. The second-order valence-electron chi connectivity index (χ2n) is 1.48. The van der Waals surface area contributed by atoms with Gasteiger partial charge in [-0.15, -0.1) is 0 Å². The Labute approximate surface area is 54.5 Å². The Bertz CT molecular complexity index is 107. The van der Waals surface area contributed by atoms with Crippen LogP contribution >= 0.6 is 11.6 Å². The minimum atomic E-state index is 0.444. The fraction of sp³-hybridized carbons (Fsp3) is 0.400. The molecule has 0 unspecified atom stereocenters. The van der Waals surface area contributed by atoms with E-state index in [1.54, 1.807) is 4.90 Å². The monoisotopic (exact) mass is 132 g/mol. The zero-order valence-electron chi connectivity index (χ0n) is 5.06. The number of halogens is 1. The van der Waals surface area contributed by atoms with Crippen molar-refractivity contribution in [3.8, 4) is 0 Å². The van der Waals surface area contributed by atoms with Crippen LogP contribution in [0.25, 0.3) is 0 Å². The third-order valence-corrected chi connectivity index (χ3v) is 1.00. The molecule has 0 spiro atoms. The third kappa shape index (κ3) is 2.64. The van der Waals surface area contributed by atoms with Gasteiger partial charge in [-0.2, -0.15) is 0 Å². The minimum Gasteiger partial charge on any atom is -0.353 e. The normalized spacial score (nSPS) is 11.1. The lowest BCUT2D eigenvalue weighted by Gasteiger charge is -2.05. The lowest BCUT2D eigenvalue weighted by Crippen LogP contribution is -2.15. The predicted octanol–water partition coefficient (Wildman–Crippen LogP) is 1.29. The lowest BCUT2D eigenvalue weighted by atomic mass is 10.9. The first-order valence-corrected chi connectivity index (χ1v) is 2.58. The molecule has 2 nitrogen and oxygen atoms in total. The van der Waals surface area contributed by atoms with Crippen molar-refractivity contribution in [2.75, 3.05) is 14.1 Å². The van der Waals surface area contributed by atoms with Crippen LogP contribution in [0.15, 0.2) is 17.8 Å². The molecule has 0 bridgehead atoms. The van der Waals surface area contributed by atoms with Gasteiger partial charge in [0.15, 0.2) is 5.29 Å². The fourth-order valence-corrected chi connectivity index (χ4v) is 0.260. The van der Waals surface area contributed by atoms with Crippen LogP contribution in [0.2, 0.25) is 0 Å². The number of nitrogens with zero attached hydrogens (tertiary/aromatic N) is 2. The number of hydrogen-bond acceptors (Lipinski definition) is 1. The molecule has 46 valence electrons. The van der Waals surface area contributed by atoms with Crippen LogP contribution in [0.1, 0.15) is 0 Å². The maximum Gasteiger partial charge on any atom is 0.197 e. The number of rotatable bonds is 1. The molecule has 3 heteroatoms. The Morgan fingerprint density at radius 3 is 2.38 bits per heavy atom. The summed E-state index contributed by atoms with van der Waals surface area (Å²) in [5, 5.41) is 0.444. The van der Waals surface area contributed by atoms with Gasteiger partial charge in [-0.05, 0) is 11.6 Å². The van der Waals surface area contributed by atoms with E-state index < -0.39 is 0 Å². The first kappa shape index (κ1) is 7.50. The highest BCUT2D eigenvalue weighted by molar-refractivity contribution is 6.64. The summed E-state index contributed by atoms with van der Waals surface area (Å²) < 4.78 is 0. The second kappa shape index (κ2) is 3.50. The average Bonchev–Trinajstić information content (AvgIpc) is 1.67. The molecule has 0 aliphatic heterocycles. The first-order valence-electron chi connectivity index (χ1n) is 2.20. The Hall–Kier alpha value is -0.500. The van der Waals surface area contributed by atoms with Crippen LogP contribution in [0, 0.1) is 0 Å². The highest BCUT2D eigenvalue weighted by atomic mass is 35.5. The first-order chi connectivity index (χ1) is 3.68. The van der Waals surface area contributed by atoms with E-state index >= 15 is 0 Å². The molecule has 0 aromatic rings. The van der Waals surface area contributed by atoms with Crippen molar-refractivity contribution in [2.45, 2.75) is 0 Å². The van der Waals surface area contributed by atoms with E-state index in [0.717, 1.165) is 0 Å². The second-order valence-corrected chi connectivity index (χ2v) is 1.81. The average molecular weight is 133 g/mol. The highest BCUT2D eigenvalue weighted by Crippen LogP contribution is 1.88. The molecular weight excluding hydrogens is 124 g/mol. The molecule has 0 amide bonds. The molecule has 0 heterocycles. The molecule has 0 aliphatic rings. The highest BCUT2D eigenvalue weighted by Gasteiger charge is 1.90. The van der Waals surface area contributed by atoms with Crippen LogP contribution in [-0.4, -0.2) is 24.3 Å². The summed E-state index contributed by atoms with van der Waals surface area (Å²) in [5.74, 6) is 0. The lowest BCUT2D eigenvalue weighted by molar-refractivity contribution is 0.635. The van der Waals surface area contributed by atoms with Crippen molar-refractivity contribution >= 4 is 16.9 Å². The van der Waals surface area contributed by atoms with Gasteiger partial charge in [0.05, 0.1) is 0 Å². The molecule has 8 heavy (non-hydrogen) atoms. The predicted molar refractivity (Wildman–Crippen MR) is 37.2 cm³/mol. The zero-order chi connectivity index (χ0) is 6.57. The summed E-state index contributed by atoms with van der Waals surface area (Å²) in [7, 11) is 3.63. The van der Waals surface area contributed by atoms with Gasteiger partial charge in [-0.3, -0.25) is 0 Å². The van der Waals surface area contributed by atoms with Crippen molar-refractivity contribution in [1.82, 2.24) is 4.90 Å². The topological polar surface area (TPSA) is 15.6 Å². The van der Waals surface area contributed by atoms with Gasteiger partial charge < -0.3 is 4.90 Å². The quantitative estimate of drug-likeness (QED) is 0.298. The van der Waals surface area contributed by atoms with E-state index in [9.17, 15) is 0 Å². The smallest absolute Gasteiger partial charge is 0.197 e. The van der Waals surface area contributed by atoms with E-state index in [4.69, 9.17) is 11.6 Å². The van der Waals surface area contributed by atoms with Crippen LogP contribution in [0.4, 0.5) is 0 Å². The Kier molecular flexibility index (Phi) is 3.28. The maximum absolute atomic E-state index is 5.52. The van der Waals surface area contributed by atoms with E-state index in [1.807, 2.05) is 14.1 Å². The van der Waals surface area contributed by atoms with Gasteiger partial charge in [0.25, 0.3) is 0 Å². The third-order valence-electron chi connectivity index (χ3n) is 0.567. The molecule has 0 saturated heterocycles. The summed E-state index contributed by atoms with van der Waals surface area (Å²) in [4.78, 5) is 5.39. The van der Waals surface area contributed by atoms with Gasteiger partial charge in [0.1, 0.15) is 0 Å². The van der Waals surface area contributed by atoms with E-state index in [2.05, 4.69) is 11.6 Å². The van der Waals surface area contributed by atoms with Crippen LogP contribution < -0.4 is 0 Å². The molecule has 0 aliphatic carbocycles. The van der Waals surface area contributed by atoms with Crippen LogP contribution in [0.5, 0.6) is 0 Å². The molecule has 0 saturated carbocycles. The summed E-state index contributed by atoms with van der Waals surface area (Å²) in [6.45, 7) is 3.38. The molecule has 0 N–H and O–H groups in total.